The maximum atomic E-state index is 12.5. The summed E-state index contributed by atoms with van der Waals surface area (Å²) in [6.07, 6.45) is 0. The minimum absolute atomic E-state index is 0.410. The van der Waals surface area contributed by atoms with Crippen LogP contribution in [0.3, 0.4) is 0 Å². The Bertz CT molecular complexity index is 1120. The van der Waals surface area contributed by atoms with Crippen molar-refractivity contribution in [2.24, 2.45) is 0 Å². The molecule has 0 unspecified atom stereocenters. The van der Waals surface area contributed by atoms with Gasteiger partial charge in [-0.25, -0.2) is 9.78 Å². The molecule has 0 spiro atoms. The van der Waals surface area contributed by atoms with Crippen molar-refractivity contribution >= 4 is 22.0 Å². The lowest BCUT2D eigenvalue weighted by Crippen LogP contribution is -2.04. The molecular formula is C20H18N2O3. The molecule has 2 aromatic heterocycles. The monoisotopic (exact) mass is 334 g/mol. The molecule has 0 amide bonds. The van der Waals surface area contributed by atoms with E-state index in [-0.39, 0.29) is 0 Å². The van der Waals surface area contributed by atoms with Gasteiger partial charge in [-0.1, -0.05) is 12.1 Å². The third-order valence-corrected chi connectivity index (χ3v) is 4.38. The standard InChI is InChI=1S/C20H18N2O3/c1-4-24-17-7-5-6-13-10-14(20(23)25-18(13)17)19-21-15-8-11(2)12(3)9-16(15)22-19/h5-10H,4H2,1-3H3,(H,21,22). The van der Waals surface area contributed by atoms with E-state index in [1.807, 2.05) is 38.1 Å². The highest BCUT2D eigenvalue weighted by Gasteiger charge is 2.14. The van der Waals surface area contributed by atoms with Crippen molar-refractivity contribution in [3.05, 3.63) is 57.9 Å². The fourth-order valence-electron chi connectivity index (χ4n) is 2.95. The number of fused-ring (bicyclic) bond motifs is 2. The molecule has 2 heterocycles. The predicted molar refractivity (Wildman–Crippen MR) is 98.2 cm³/mol. The van der Waals surface area contributed by atoms with Crippen molar-refractivity contribution in [1.82, 2.24) is 9.97 Å². The van der Waals surface area contributed by atoms with Crippen molar-refractivity contribution in [2.75, 3.05) is 6.61 Å². The molecule has 4 rings (SSSR count). The number of ether oxygens (including phenoxy) is 1. The van der Waals surface area contributed by atoms with Crippen LogP contribution >= 0.6 is 0 Å². The van der Waals surface area contributed by atoms with E-state index in [1.165, 1.54) is 5.56 Å². The summed E-state index contributed by atoms with van der Waals surface area (Å²) in [5, 5.41) is 0.799. The first-order valence-electron chi connectivity index (χ1n) is 8.24. The molecule has 0 fully saturated rings. The predicted octanol–water partition coefficient (Wildman–Crippen LogP) is 4.35. The second kappa shape index (κ2) is 5.77. The SMILES string of the molecule is CCOc1cccc2cc(-c3nc4cc(C)c(C)cc4[nH]3)c(=O)oc12. The number of hydrogen-bond donors (Lipinski definition) is 1. The van der Waals surface area contributed by atoms with Crippen LogP contribution in [-0.2, 0) is 0 Å². The average Bonchev–Trinajstić information content (AvgIpc) is 2.98. The second-order valence-corrected chi connectivity index (χ2v) is 6.09. The molecule has 0 saturated carbocycles. The molecule has 2 aromatic carbocycles. The quantitative estimate of drug-likeness (QED) is 0.566. The molecule has 0 aliphatic heterocycles. The van der Waals surface area contributed by atoms with Crippen LogP contribution < -0.4 is 10.4 Å². The minimum atomic E-state index is -0.438. The summed E-state index contributed by atoms with van der Waals surface area (Å²) in [5.41, 5.74) is 4.51. The molecule has 5 heteroatoms. The van der Waals surface area contributed by atoms with Crippen LogP contribution in [0.25, 0.3) is 33.4 Å². The van der Waals surface area contributed by atoms with E-state index in [9.17, 15) is 4.79 Å². The van der Waals surface area contributed by atoms with E-state index in [1.54, 1.807) is 12.1 Å². The van der Waals surface area contributed by atoms with E-state index in [4.69, 9.17) is 9.15 Å². The van der Waals surface area contributed by atoms with E-state index in [2.05, 4.69) is 16.9 Å². The number of rotatable bonds is 3. The molecule has 4 aromatic rings. The van der Waals surface area contributed by atoms with Crippen LogP contribution in [0.1, 0.15) is 18.1 Å². The molecule has 0 saturated heterocycles. The molecule has 0 radical (unpaired) electrons. The van der Waals surface area contributed by atoms with Crippen LogP contribution in [0, 0.1) is 13.8 Å². The Morgan fingerprint density at radius 2 is 1.96 bits per heavy atom. The van der Waals surface area contributed by atoms with E-state index >= 15 is 0 Å². The number of nitrogens with one attached hydrogen (secondary N) is 1. The van der Waals surface area contributed by atoms with Gasteiger partial charge in [-0.05, 0) is 56.2 Å². The maximum Gasteiger partial charge on any atom is 0.347 e. The lowest BCUT2D eigenvalue weighted by Gasteiger charge is -2.06. The van der Waals surface area contributed by atoms with Gasteiger partial charge in [0.15, 0.2) is 11.3 Å². The summed E-state index contributed by atoms with van der Waals surface area (Å²) in [6.45, 7) is 6.49. The number of imidazole rings is 1. The van der Waals surface area contributed by atoms with Gasteiger partial charge in [-0.15, -0.1) is 0 Å². The highest BCUT2D eigenvalue weighted by Crippen LogP contribution is 2.28. The van der Waals surface area contributed by atoms with Crippen LogP contribution in [0.5, 0.6) is 5.75 Å². The maximum absolute atomic E-state index is 12.5. The van der Waals surface area contributed by atoms with Gasteiger partial charge in [-0.2, -0.15) is 0 Å². The second-order valence-electron chi connectivity index (χ2n) is 6.09. The van der Waals surface area contributed by atoms with Gasteiger partial charge in [0.1, 0.15) is 11.4 Å². The first-order valence-corrected chi connectivity index (χ1v) is 8.24. The number of aryl methyl sites for hydroxylation is 2. The fraction of sp³-hybridized carbons (Fsp3) is 0.200. The molecule has 0 atom stereocenters. The number of aromatic amines is 1. The van der Waals surface area contributed by atoms with Crippen molar-refractivity contribution in [2.45, 2.75) is 20.8 Å². The summed E-state index contributed by atoms with van der Waals surface area (Å²) < 4.78 is 11.1. The minimum Gasteiger partial charge on any atom is -0.490 e. The van der Waals surface area contributed by atoms with Crippen LogP contribution in [-0.4, -0.2) is 16.6 Å². The highest BCUT2D eigenvalue weighted by atomic mass is 16.5. The van der Waals surface area contributed by atoms with E-state index in [0.29, 0.717) is 29.3 Å². The zero-order valence-electron chi connectivity index (χ0n) is 14.3. The van der Waals surface area contributed by atoms with Crippen LogP contribution in [0.4, 0.5) is 0 Å². The zero-order chi connectivity index (χ0) is 17.6. The Morgan fingerprint density at radius 3 is 2.76 bits per heavy atom. The van der Waals surface area contributed by atoms with Gasteiger partial charge in [0.2, 0.25) is 0 Å². The third-order valence-electron chi connectivity index (χ3n) is 4.38. The van der Waals surface area contributed by atoms with Crippen molar-refractivity contribution in [1.29, 1.82) is 0 Å². The van der Waals surface area contributed by atoms with Gasteiger partial charge in [0.25, 0.3) is 0 Å². The molecule has 25 heavy (non-hydrogen) atoms. The van der Waals surface area contributed by atoms with Gasteiger partial charge in [-0.3, -0.25) is 0 Å². The number of H-pyrrole nitrogens is 1. The Balaban J connectivity index is 1.92. The van der Waals surface area contributed by atoms with Crippen molar-refractivity contribution < 1.29 is 9.15 Å². The number of para-hydroxylation sites is 1. The fourth-order valence-corrected chi connectivity index (χ4v) is 2.95. The molecule has 0 aliphatic rings. The Labute approximate surface area is 144 Å². The zero-order valence-corrected chi connectivity index (χ0v) is 14.3. The molecular weight excluding hydrogens is 316 g/mol. The third kappa shape index (κ3) is 2.58. The summed E-state index contributed by atoms with van der Waals surface area (Å²) in [5.74, 6) is 1.08. The van der Waals surface area contributed by atoms with Gasteiger partial charge in [0, 0.05) is 5.39 Å². The topological polar surface area (TPSA) is 68.1 Å². The van der Waals surface area contributed by atoms with Gasteiger partial charge >= 0.3 is 5.63 Å². The normalized spacial score (nSPS) is 11.3. The molecule has 1 N–H and O–H groups in total. The molecule has 5 nitrogen and oxygen atoms in total. The Hall–Kier alpha value is -3.08. The Morgan fingerprint density at radius 1 is 1.16 bits per heavy atom. The lowest BCUT2D eigenvalue weighted by atomic mass is 10.1. The number of nitrogens with zero attached hydrogens (tertiary/aromatic N) is 1. The summed E-state index contributed by atoms with van der Waals surface area (Å²) in [6, 6.07) is 11.4. The van der Waals surface area contributed by atoms with Gasteiger partial charge < -0.3 is 14.1 Å². The van der Waals surface area contributed by atoms with E-state index in [0.717, 1.165) is 22.0 Å². The Kier molecular flexibility index (Phi) is 3.57. The first-order chi connectivity index (χ1) is 12.1. The molecule has 126 valence electrons. The largest absolute Gasteiger partial charge is 0.490 e. The number of aromatic nitrogens is 2. The molecule has 0 aliphatic carbocycles. The number of benzene rings is 2. The van der Waals surface area contributed by atoms with Crippen LogP contribution in [0.15, 0.2) is 45.6 Å². The smallest absolute Gasteiger partial charge is 0.347 e. The summed E-state index contributed by atoms with van der Waals surface area (Å²) >= 11 is 0. The van der Waals surface area contributed by atoms with Gasteiger partial charge in [0.05, 0.1) is 17.6 Å². The summed E-state index contributed by atoms with van der Waals surface area (Å²) in [4.78, 5) is 20.3. The number of hydrogen-bond acceptors (Lipinski definition) is 4. The van der Waals surface area contributed by atoms with Crippen molar-refractivity contribution in [3.63, 3.8) is 0 Å². The van der Waals surface area contributed by atoms with Crippen molar-refractivity contribution in [3.8, 4) is 17.1 Å². The molecule has 0 bridgehead atoms. The first kappa shape index (κ1) is 15.4. The average molecular weight is 334 g/mol. The van der Waals surface area contributed by atoms with Crippen LogP contribution in [0.2, 0.25) is 0 Å². The van der Waals surface area contributed by atoms with E-state index < -0.39 is 5.63 Å². The highest BCUT2D eigenvalue weighted by molar-refractivity contribution is 5.87. The summed E-state index contributed by atoms with van der Waals surface area (Å²) in [7, 11) is 0. The lowest BCUT2D eigenvalue weighted by molar-refractivity contribution is 0.337.